The summed E-state index contributed by atoms with van der Waals surface area (Å²) in [6.45, 7) is 4.72. The van der Waals surface area contributed by atoms with Gasteiger partial charge in [-0.25, -0.2) is 4.68 Å². The van der Waals surface area contributed by atoms with Gasteiger partial charge in [-0.2, -0.15) is 5.10 Å². The van der Waals surface area contributed by atoms with Crippen molar-refractivity contribution in [2.75, 3.05) is 38.2 Å². The van der Waals surface area contributed by atoms with Gasteiger partial charge in [0.1, 0.15) is 5.82 Å². The fraction of sp³-hybridized carbons (Fsp3) is 0.545. The Balaban J connectivity index is 1.22. The van der Waals surface area contributed by atoms with Crippen LogP contribution in [0.1, 0.15) is 37.3 Å². The van der Waals surface area contributed by atoms with Gasteiger partial charge in [0.2, 0.25) is 5.91 Å². The minimum Gasteiger partial charge on any atom is -0.378 e. The number of ether oxygens (including phenoxy) is 2. The molecule has 2 saturated heterocycles. The van der Waals surface area contributed by atoms with E-state index in [2.05, 4.69) is 39.6 Å². The lowest BCUT2D eigenvalue weighted by atomic mass is 10.2. The number of aromatic nitrogens is 2. The Morgan fingerprint density at radius 3 is 2.97 bits per heavy atom. The SMILES string of the molecule is O=C(CCOCC1CCCO1)Nc1ccnn1C1CCN(Cc2ccccc2)C1. The molecule has 0 aliphatic carbocycles. The van der Waals surface area contributed by atoms with Crippen LogP contribution < -0.4 is 5.32 Å². The second kappa shape index (κ2) is 10.0. The van der Waals surface area contributed by atoms with E-state index in [0.717, 1.165) is 51.3 Å². The molecule has 1 aromatic carbocycles. The Morgan fingerprint density at radius 1 is 1.24 bits per heavy atom. The molecule has 1 amide bonds. The lowest BCUT2D eigenvalue weighted by molar-refractivity contribution is -0.117. The first-order valence-electron chi connectivity index (χ1n) is 10.6. The smallest absolute Gasteiger partial charge is 0.227 e. The van der Waals surface area contributed by atoms with Crippen molar-refractivity contribution in [1.29, 1.82) is 0 Å². The zero-order valence-corrected chi connectivity index (χ0v) is 16.8. The zero-order valence-electron chi connectivity index (χ0n) is 16.8. The summed E-state index contributed by atoms with van der Waals surface area (Å²) < 4.78 is 13.1. The summed E-state index contributed by atoms with van der Waals surface area (Å²) in [5.74, 6) is 0.721. The minimum atomic E-state index is -0.0433. The highest BCUT2D eigenvalue weighted by Gasteiger charge is 2.26. The van der Waals surface area contributed by atoms with Crippen molar-refractivity contribution < 1.29 is 14.3 Å². The molecule has 0 spiro atoms. The normalized spacial score (nSPS) is 22.2. The van der Waals surface area contributed by atoms with E-state index in [1.807, 2.05) is 16.8 Å². The molecule has 2 unspecified atom stereocenters. The maximum Gasteiger partial charge on any atom is 0.227 e. The molecule has 29 heavy (non-hydrogen) atoms. The molecule has 2 atom stereocenters. The van der Waals surface area contributed by atoms with Gasteiger partial charge in [-0.1, -0.05) is 30.3 Å². The van der Waals surface area contributed by atoms with Gasteiger partial charge in [-0.3, -0.25) is 9.69 Å². The molecule has 3 heterocycles. The van der Waals surface area contributed by atoms with Crippen molar-refractivity contribution in [3.63, 3.8) is 0 Å². The number of nitrogens with one attached hydrogen (secondary N) is 1. The van der Waals surface area contributed by atoms with E-state index >= 15 is 0 Å². The average Bonchev–Trinajstić information content (AvgIpc) is 3.48. The number of hydrogen-bond donors (Lipinski definition) is 1. The Hall–Kier alpha value is -2.22. The van der Waals surface area contributed by atoms with Crippen LogP contribution in [0, 0.1) is 0 Å². The number of hydrogen-bond acceptors (Lipinski definition) is 5. The number of anilines is 1. The summed E-state index contributed by atoms with van der Waals surface area (Å²) in [5.41, 5.74) is 1.32. The monoisotopic (exact) mass is 398 g/mol. The van der Waals surface area contributed by atoms with Crippen molar-refractivity contribution >= 4 is 11.7 Å². The summed E-state index contributed by atoms with van der Waals surface area (Å²) >= 11 is 0. The first kappa shape index (κ1) is 20.1. The van der Waals surface area contributed by atoms with E-state index in [4.69, 9.17) is 9.47 Å². The molecule has 7 nitrogen and oxygen atoms in total. The third kappa shape index (κ3) is 5.65. The maximum absolute atomic E-state index is 12.3. The lowest BCUT2D eigenvalue weighted by Crippen LogP contribution is -2.23. The van der Waals surface area contributed by atoms with Crippen molar-refractivity contribution in [2.45, 2.75) is 44.4 Å². The Bertz CT molecular complexity index is 773. The highest BCUT2D eigenvalue weighted by Crippen LogP contribution is 2.25. The van der Waals surface area contributed by atoms with Crippen LogP contribution in [0.3, 0.4) is 0 Å². The topological polar surface area (TPSA) is 68.6 Å². The van der Waals surface area contributed by atoms with Crippen LogP contribution in [0.25, 0.3) is 0 Å². The van der Waals surface area contributed by atoms with Crippen LogP contribution in [-0.4, -0.2) is 59.6 Å². The van der Waals surface area contributed by atoms with E-state index in [1.54, 1.807) is 6.20 Å². The first-order valence-corrected chi connectivity index (χ1v) is 10.6. The number of carbonyl (C=O) groups excluding carboxylic acids is 1. The van der Waals surface area contributed by atoms with Gasteiger partial charge in [-0.15, -0.1) is 0 Å². The molecule has 1 aromatic heterocycles. The van der Waals surface area contributed by atoms with Gasteiger partial charge < -0.3 is 14.8 Å². The molecule has 0 radical (unpaired) electrons. The zero-order chi connectivity index (χ0) is 19.9. The van der Waals surface area contributed by atoms with Gasteiger partial charge in [0.25, 0.3) is 0 Å². The number of likely N-dealkylation sites (tertiary alicyclic amines) is 1. The molecule has 2 aromatic rings. The van der Waals surface area contributed by atoms with Crippen LogP contribution in [0.15, 0.2) is 42.6 Å². The number of benzene rings is 1. The predicted molar refractivity (Wildman–Crippen MR) is 111 cm³/mol. The highest BCUT2D eigenvalue weighted by atomic mass is 16.5. The summed E-state index contributed by atoms with van der Waals surface area (Å²) in [6, 6.07) is 12.7. The molecular formula is C22H30N4O3. The molecule has 7 heteroatoms. The summed E-state index contributed by atoms with van der Waals surface area (Å²) in [4.78, 5) is 14.7. The van der Waals surface area contributed by atoms with Gasteiger partial charge >= 0.3 is 0 Å². The molecule has 2 fully saturated rings. The van der Waals surface area contributed by atoms with Gasteiger partial charge in [-0.05, 0) is 24.8 Å². The van der Waals surface area contributed by atoms with Crippen LogP contribution in [-0.2, 0) is 20.8 Å². The minimum absolute atomic E-state index is 0.0433. The van der Waals surface area contributed by atoms with Crippen LogP contribution in [0.4, 0.5) is 5.82 Å². The summed E-state index contributed by atoms with van der Waals surface area (Å²) in [7, 11) is 0. The number of nitrogens with zero attached hydrogens (tertiary/aromatic N) is 3. The number of carbonyl (C=O) groups is 1. The van der Waals surface area contributed by atoms with E-state index in [9.17, 15) is 4.79 Å². The third-order valence-corrected chi connectivity index (χ3v) is 5.58. The third-order valence-electron chi connectivity index (χ3n) is 5.58. The first-order chi connectivity index (χ1) is 14.3. The molecule has 0 saturated carbocycles. The molecule has 156 valence electrons. The van der Waals surface area contributed by atoms with E-state index in [1.165, 1.54) is 5.56 Å². The van der Waals surface area contributed by atoms with Crippen molar-refractivity contribution in [3.8, 4) is 0 Å². The standard InChI is InChI=1S/C22H30N4O3/c27-22(10-14-28-17-20-7-4-13-29-20)24-21-8-11-23-26(21)19-9-12-25(16-19)15-18-5-2-1-3-6-18/h1-3,5-6,8,11,19-20H,4,7,9-10,12-17H2,(H,24,27). The molecule has 1 N–H and O–H groups in total. The fourth-order valence-corrected chi connectivity index (χ4v) is 4.06. The summed E-state index contributed by atoms with van der Waals surface area (Å²) in [6.07, 6.45) is 5.46. The van der Waals surface area contributed by atoms with Crippen molar-refractivity contribution in [1.82, 2.24) is 14.7 Å². The van der Waals surface area contributed by atoms with Crippen LogP contribution in [0.2, 0.25) is 0 Å². The second-order valence-corrected chi connectivity index (χ2v) is 7.83. The maximum atomic E-state index is 12.3. The Morgan fingerprint density at radius 2 is 2.14 bits per heavy atom. The molecule has 2 aliphatic rings. The quantitative estimate of drug-likeness (QED) is 0.658. The molecular weight excluding hydrogens is 368 g/mol. The fourth-order valence-electron chi connectivity index (χ4n) is 4.06. The second-order valence-electron chi connectivity index (χ2n) is 7.83. The van der Waals surface area contributed by atoms with Crippen LogP contribution in [0.5, 0.6) is 0 Å². The van der Waals surface area contributed by atoms with Crippen molar-refractivity contribution in [2.24, 2.45) is 0 Å². The van der Waals surface area contributed by atoms with Crippen LogP contribution >= 0.6 is 0 Å². The van der Waals surface area contributed by atoms with E-state index < -0.39 is 0 Å². The molecule has 2 aliphatic heterocycles. The summed E-state index contributed by atoms with van der Waals surface area (Å²) in [5, 5.41) is 7.46. The largest absolute Gasteiger partial charge is 0.378 e. The highest BCUT2D eigenvalue weighted by molar-refractivity contribution is 5.89. The number of rotatable bonds is 9. The predicted octanol–water partition coefficient (Wildman–Crippen LogP) is 2.85. The Labute approximate surface area is 172 Å². The molecule has 0 bridgehead atoms. The van der Waals surface area contributed by atoms with Gasteiger partial charge in [0, 0.05) is 32.3 Å². The van der Waals surface area contributed by atoms with Crippen molar-refractivity contribution in [3.05, 3.63) is 48.2 Å². The van der Waals surface area contributed by atoms with E-state index in [-0.39, 0.29) is 18.1 Å². The number of amides is 1. The molecule has 4 rings (SSSR count). The van der Waals surface area contributed by atoms with E-state index in [0.29, 0.717) is 19.6 Å². The van der Waals surface area contributed by atoms with Gasteiger partial charge in [0.05, 0.1) is 38.0 Å². The Kier molecular flexibility index (Phi) is 6.92. The van der Waals surface area contributed by atoms with Gasteiger partial charge in [0.15, 0.2) is 0 Å². The lowest BCUT2D eigenvalue weighted by Gasteiger charge is -2.18. The average molecular weight is 399 g/mol.